The molecule has 1 aliphatic rings. The second-order valence-corrected chi connectivity index (χ2v) is 5.66. The highest BCUT2D eigenvalue weighted by atomic mass is 16.5. The van der Waals surface area contributed by atoms with Gasteiger partial charge in [-0.1, -0.05) is 0 Å². The van der Waals surface area contributed by atoms with Gasteiger partial charge in [-0.3, -0.25) is 9.69 Å². The highest BCUT2D eigenvalue weighted by Crippen LogP contribution is 2.28. The Hall–Kier alpha value is -1.39. The van der Waals surface area contributed by atoms with Gasteiger partial charge >= 0.3 is 0 Å². The van der Waals surface area contributed by atoms with E-state index in [0.29, 0.717) is 18.7 Å². The summed E-state index contributed by atoms with van der Waals surface area (Å²) in [5.41, 5.74) is 1.42. The molecule has 2 rings (SSSR count). The summed E-state index contributed by atoms with van der Waals surface area (Å²) < 4.78 is 5.60. The minimum absolute atomic E-state index is 0.0154. The first-order chi connectivity index (χ1) is 9.56. The number of carbonyl (C=O) groups is 1. The Morgan fingerprint density at radius 3 is 2.85 bits per heavy atom. The number of rotatable bonds is 8. The maximum Gasteiger partial charge on any atom is 0.159 e. The molecule has 0 unspecified atom stereocenters. The molecule has 1 aromatic carbocycles. The molecule has 0 spiro atoms. The van der Waals surface area contributed by atoms with Crippen LogP contribution in [-0.4, -0.2) is 42.6 Å². The molecule has 0 aliphatic heterocycles. The van der Waals surface area contributed by atoms with E-state index in [0.717, 1.165) is 24.6 Å². The zero-order chi connectivity index (χ0) is 14.5. The fourth-order valence-corrected chi connectivity index (χ4v) is 2.06. The van der Waals surface area contributed by atoms with E-state index < -0.39 is 0 Å². The Balaban J connectivity index is 1.81. The van der Waals surface area contributed by atoms with Gasteiger partial charge in [-0.2, -0.15) is 0 Å². The molecule has 1 aromatic rings. The molecule has 20 heavy (non-hydrogen) atoms. The van der Waals surface area contributed by atoms with E-state index in [1.54, 1.807) is 18.2 Å². The van der Waals surface area contributed by atoms with Crippen LogP contribution in [0.3, 0.4) is 0 Å². The smallest absolute Gasteiger partial charge is 0.159 e. The van der Waals surface area contributed by atoms with Crippen LogP contribution in [0.2, 0.25) is 0 Å². The van der Waals surface area contributed by atoms with Crippen LogP contribution in [0.5, 0.6) is 5.75 Å². The summed E-state index contributed by atoms with van der Waals surface area (Å²) >= 11 is 0. The summed E-state index contributed by atoms with van der Waals surface area (Å²) in [5, 5.41) is 9.85. The van der Waals surface area contributed by atoms with Gasteiger partial charge in [0.2, 0.25) is 0 Å². The molecule has 1 saturated carbocycles. The van der Waals surface area contributed by atoms with E-state index in [1.165, 1.54) is 19.8 Å². The lowest BCUT2D eigenvalue weighted by Gasteiger charge is -2.17. The molecule has 1 N–H and O–H groups in total. The van der Waals surface area contributed by atoms with E-state index >= 15 is 0 Å². The van der Waals surface area contributed by atoms with Crippen molar-refractivity contribution >= 4 is 5.78 Å². The van der Waals surface area contributed by atoms with Crippen molar-refractivity contribution in [1.29, 1.82) is 0 Å². The lowest BCUT2D eigenvalue weighted by molar-refractivity contribution is 0.101. The van der Waals surface area contributed by atoms with Crippen molar-refractivity contribution in [3.05, 3.63) is 29.3 Å². The van der Waals surface area contributed by atoms with Crippen molar-refractivity contribution < 1.29 is 14.6 Å². The summed E-state index contributed by atoms with van der Waals surface area (Å²) in [4.78, 5) is 13.4. The molecule has 0 saturated heterocycles. The summed E-state index contributed by atoms with van der Waals surface area (Å²) in [7, 11) is 1.99. The van der Waals surface area contributed by atoms with Crippen molar-refractivity contribution in [1.82, 2.24) is 4.90 Å². The van der Waals surface area contributed by atoms with Gasteiger partial charge in [0.15, 0.2) is 5.78 Å². The van der Waals surface area contributed by atoms with Crippen LogP contribution in [0.1, 0.15) is 35.7 Å². The minimum Gasteiger partial charge on any atom is -0.508 e. The molecule has 4 heteroatoms. The molecule has 0 atom stereocenters. The number of likely N-dealkylation sites (N-methyl/N-ethyl adjacent to an activating group) is 1. The molecule has 0 aromatic heterocycles. The first-order valence-electron chi connectivity index (χ1n) is 7.15. The van der Waals surface area contributed by atoms with Crippen molar-refractivity contribution in [2.75, 3.05) is 26.8 Å². The van der Waals surface area contributed by atoms with E-state index in [9.17, 15) is 9.90 Å². The molecular formula is C16H23NO3. The second-order valence-electron chi connectivity index (χ2n) is 5.66. The van der Waals surface area contributed by atoms with Crippen molar-refractivity contribution in [2.24, 2.45) is 5.92 Å². The number of Topliss-reactive ketones (excluding diaryl/α,β-unsaturated/α-hetero) is 1. The van der Waals surface area contributed by atoms with E-state index in [4.69, 9.17) is 4.74 Å². The number of hydrogen-bond acceptors (Lipinski definition) is 4. The predicted octanol–water partition coefficient (Wildman–Crippen LogP) is 2.45. The maximum atomic E-state index is 11.4. The van der Waals surface area contributed by atoms with Crippen LogP contribution in [0.4, 0.5) is 0 Å². The molecule has 0 radical (unpaired) electrons. The molecule has 0 heterocycles. The molecule has 0 bridgehead atoms. The Kier molecular flexibility index (Phi) is 5.15. The maximum absolute atomic E-state index is 11.4. The van der Waals surface area contributed by atoms with Crippen molar-refractivity contribution in [3.8, 4) is 5.75 Å². The number of benzene rings is 1. The van der Waals surface area contributed by atoms with Gasteiger partial charge in [0, 0.05) is 30.8 Å². The highest BCUT2D eigenvalue weighted by Gasteiger charge is 2.21. The van der Waals surface area contributed by atoms with Gasteiger partial charge < -0.3 is 9.84 Å². The van der Waals surface area contributed by atoms with Gasteiger partial charge in [-0.15, -0.1) is 0 Å². The number of nitrogens with zero attached hydrogens (tertiary/aromatic N) is 1. The molecule has 110 valence electrons. The largest absolute Gasteiger partial charge is 0.508 e. The molecule has 1 fully saturated rings. The highest BCUT2D eigenvalue weighted by molar-refractivity contribution is 5.94. The fraction of sp³-hybridized carbons (Fsp3) is 0.562. The normalized spacial score (nSPS) is 14.8. The number of hydrogen-bond donors (Lipinski definition) is 1. The lowest BCUT2D eigenvalue weighted by Crippen LogP contribution is -2.23. The first-order valence-corrected chi connectivity index (χ1v) is 7.15. The van der Waals surface area contributed by atoms with Crippen LogP contribution in [-0.2, 0) is 11.3 Å². The number of ether oxygens (including phenoxy) is 1. The molecular weight excluding hydrogens is 254 g/mol. The van der Waals surface area contributed by atoms with Crippen LogP contribution in [0.15, 0.2) is 18.2 Å². The van der Waals surface area contributed by atoms with E-state index in [1.807, 2.05) is 7.05 Å². The third-order valence-corrected chi connectivity index (χ3v) is 3.59. The number of phenolic OH excluding ortho intramolecular Hbond substituents is 1. The van der Waals surface area contributed by atoms with Gasteiger partial charge in [0.25, 0.3) is 0 Å². The van der Waals surface area contributed by atoms with E-state index in [-0.39, 0.29) is 11.5 Å². The fourth-order valence-electron chi connectivity index (χ4n) is 2.06. The standard InChI is InChI=1S/C16H23NO3/c1-12(18)14-5-6-16(19)15(9-14)10-17(2)7-8-20-11-13-3-4-13/h5-6,9,13,19H,3-4,7-8,10-11H2,1-2H3. The topological polar surface area (TPSA) is 49.8 Å². The predicted molar refractivity (Wildman–Crippen MR) is 78.0 cm³/mol. The number of aromatic hydroxyl groups is 1. The zero-order valence-corrected chi connectivity index (χ0v) is 12.3. The van der Waals surface area contributed by atoms with Crippen molar-refractivity contribution in [3.63, 3.8) is 0 Å². The zero-order valence-electron chi connectivity index (χ0n) is 12.3. The molecule has 0 amide bonds. The Labute approximate surface area is 120 Å². The van der Waals surface area contributed by atoms with Crippen LogP contribution in [0, 0.1) is 5.92 Å². The van der Waals surface area contributed by atoms with Gasteiger partial charge in [0.1, 0.15) is 5.75 Å². The van der Waals surface area contributed by atoms with Gasteiger partial charge in [-0.25, -0.2) is 0 Å². The van der Waals surface area contributed by atoms with Crippen LogP contribution >= 0.6 is 0 Å². The number of ketones is 1. The number of carbonyl (C=O) groups excluding carboxylic acids is 1. The second kappa shape index (κ2) is 6.86. The summed E-state index contributed by atoms with van der Waals surface area (Å²) in [6.45, 7) is 4.54. The van der Waals surface area contributed by atoms with Gasteiger partial charge in [0.05, 0.1) is 6.61 Å². The van der Waals surface area contributed by atoms with E-state index in [2.05, 4.69) is 4.90 Å². The third kappa shape index (κ3) is 4.62. The summed E-state index contributed by atoms with van der Waals surface area (Å²) in [6.07, 6.45) is 2.61. The van der Waals surface area contributed by atoms with Crippen LogP contribution in [0.25, 0.3) is 0 Å². The average Bonchev–Trinajstić information content (AvgIpc) is 3.21. The quantitative estimate of drug-likeness (QED) is 0.586. The third-order valence-electron chi connectivity index (χ3n) is 3.59. The summed E-state index contributed by atoms with van der Waals surface area (Å²) in [5.74, 6) is 1.04. The molecule has 1 aliphatic carbocycles. The average molecular weight is 277 g/mol. The van der Waals surface area contributed by atoms with Crippen LogP contribution < -0.4 is 0 Å². The Morgan fingerprint density at radius 2 is 2.20 bits per heavy atom. The van der Waals surface area contributed by atoms with Gasteiger partial charge in [-0.05, 0) is 50.9 Å². The van der Waals surface area contributed by atoms with Crippen molar-refractivity contribution in [2.45, 2.75) is 26.3 Å². The number of phenols is 1. The Bertz CT molecular complexity index is 469. The molecule has 4 nitrogen and oxygen atoms in total. The lowest BCUT2D eigenvalue weighted by atomic mass is 10.1. The minimum atomic E-state index is 0.0154. The Morgan fingerprint density at radius 1 is 1.45 bits per heavy atom. The SMILES string of the molecule is CC(=O)c1ccc(O)c(CN(C)CCOCC2CC2)c1. The monoisotopic (exact) mass is 277 g/mol. The first kappa shape index (κ1) is 15.0. The summed E-state index contributed by atoms with van der Waals surface area (Å²) in [6, 6.07) is 5.00.